The number of aliphatic imine (C=N–C) groups is 1. The Morgan fingerprint density at radius 1 is 1.06 bits per heavy atom. The van der Waals surface area contributed by atoms with Crippen LogP contribution in [0.15, 0.2) is 35.3 Å². The molecule has 1 aromatic carbocycles. The van der Waals surface area contributed by atoms with Crippen LogP contribution >= 0.6 is 23.8 Å². The predicted octanol–water partition coefficient (Wildman–Crippen LogP) is 3.72. The summed E-state index contributed by atoms with van der Waals surface area (Å²) in [6.07, 6.45) is 4.62. The van der Waals surface area contributed by atoms with Gasteiger partial charge < -0.3 is 16.0 Å². The van der Waals surface area contributed by atoms with Crippen LogP contribution in [-0.4, -0.2) is 68.5 Å². The second kappa shape index (κ2) is 11.5. The molecular weight excluding hydrogens is 496 g/mol. The fourth-order valence-electron chi connectivity index (χ4n) is 4.99. The number of thiocarbonyl (C=S) groups is 1. The van der Waals surface area contributed by atoms with Gasteiger partial charge in [0.1, 0.15) is 5.54 Å². The summed E-state index contributed by atoms with van der Waals surface area (Å²) in [5, 5.41) is 7.15. The number of aromatic nitrogens is 2. The number of nitrogens with two attached hydrogens (primary N) is 1. The van der Waals surface area contributed by atoms with Gasteiger partial charge in [0.15, 0.2) is 0 Å². The van der Waals surface area contributed by atoms with E-state index in [2.05, 4.69) is 35.4 Å². The lowest BCUT2D eigenvalue weighted by Gasteiger charge is -2.48. The van der Waals surface area contributed by atoms with Gasteiger partial charge in [0.2, 0.25) is 22.9 Å². The Morgan fingerprint density at radius 3 is 2.31 bits per heavy atom. The number of hydrogen-bond acceptors (Lipinski definition) is 5. The van der Waals surface area contributed by atoms with Crippen molar-refractivity contribution < 1.29 is 4.79 Å². The molecule has 0 saturated carbocycles. The molecule has 2 aliphatic rings. The Hall–Kier alpha value is -2.82. The summed E-state index contributed by atoms with van der Waals surface area (Å²) in [6.45, 7) is 6.83. The van der Waals surface area contributed by atoms with Crippen LogP contribution in [0.4, 0.5) is 11.6 Å². The number of para-hydroxylation sites is 1. The number of hydrogen-bond donors (Lipinski definition) is 3. The number of benzene rings is 1. The maximum atomic E-state index is 12.7. The number of nitrogens with zero attached hydrogens (tertiary/aromatic N) is 5. The number of carbonyl (C=O) groups excluding carboxylic acids is 1. The molecule has 4 rings (SSSR count). The lowest BCUT2D eigenvalue weighted by molar-refractivity contribution is -0.134. The highest BCUT2D eigenvalue weighted by Gasteiger charge is 2.45. The minimum atomic E-state index is -0.630. The molecule has 0 spiro atoms. The summed E-state index contributed by atoms with van der Waals surface area (Å²) in [6, 6.07) is 9.26. The van der Waals surface area contributed by atoms with E-state index in [0.29, 0.717) is 48.5 Å². The van der Waals surface area contributed by atoms with Crippen molar-refractivity contribution in [3.05, 3.63) is 46.7 Å². The molecule has 1 amide bonds. The van der Waals surface area contributed by atoms with Gasteiger partial charge >= 0.3 is 0 Å². The van der Waals surface area contributed by atoms with Crippen molar-refractivity contribution in [1.29, 1.82) is 0 Å². The van der Waals surface area contributed by atoms with E-state index in [1.54, 1.807) is 6.07 Å². The number of primary amides is 1. The van der Waals surface area contributed by atoms with E-state index in [1.807, 2.05) is 38.1 Å². The first kappa shape index (κ1) is 26.2. The Balaban J connectivity index is 1.57. The molecule has 36 heavy (non-hydrogen) atoms. The number of aryl methyl sites for hydroxylation is 2. The van der Waals surface area contributed by atoms with Crippen molar-refractivity contribution in [3.63, 3.8) is 0 Å². The van der Waals surface area contributed by atoms with Crippen molar-refractivity contribution in [1.82, 2.24) is 19.8 Å². The maximum Gasteiger partial charge on any atom is 0.238 e. The molecule has 2 fully saturated rings. The van der Waals surface area contributed by atoms with Gasteiger partial charge in [-0.2, -0.15) is 4.99 Å². The summed E-state index contributed by atoms with van der Waals surface area (Å²) < 4.78 is 0. The van der Waals surface area contributed by atoms with Crippen LogP contribution in [-0.2, 0) is 4.79 Å². The highest BCUT2D eigenvalue weighted by atomic mass is 35.5. The molecule has 2 saturated heterocycles. The van der Waals surface area contributed by atoms with Crippen molar-refractivity contribution in [2.45, 2.75) is 51.5 Å². The van der Waals surface area contributed by atoms with Crippen LogP contribution in [0.2, 0.25) is 5.02 Å². The van der Waals surface area contributed by atoms with Gasteiger partial charge in [-0.3, -0.25) is 15.0 Å². The smallest absolute Gasteiger partial charge is 0.238 e. The van der Waals surface area contributed by atoms with Gasteiger partial charge in [-0.1, -0.05) is 30.2 Å². The number of piperidine rings is 2. The molecule has 2 aliphatic heterocycles. The Bertz CT molecular complexity index is 1120. The molecular formula is C25H33ClN8OS. The van der Waals surface area contributed by atoms with E-state index >= 15 is 0 Å². The summed E-state index contributed by atoms with van der Waals surface area (Å²) in [4.78, 5) is 30.7. The zero-order chi connectivity index (χ0) is 25.7. The zero-order valence-corrected chi connectivity index (χ0v) is 22.3. The molecule has 0 radical (unpaired) electrons. The van der Waals surface area contributed by atoms with E-state index in [4.69, 9.17) is 29.6 Å². The third kappa shape index (κ3) is 6.11. The molecule has 0 atom stereocenters. The van der Waals surface area contributed by atoms with Crippen molar-refractivity contribution >= 4 is 52.4 Å². The monoisotopic (exact) mass is 528 g/mol. The van der Waals surface area contributed by atoms with Crippen LogP contribution < -0.4 is 16.4 Å². The highest BCUT2D eigenvalue weighted by Crippen LogP contribution is 2.32. The predicted molar refractivity (Wildman–Crippen MR) is 148 cm³/mol. The number of nitrogens with one attached hydrogen (secondary N) is 2. The number of amides is 1. The summed E-state index contributed by atoms with van der Waals surface area (Å²) in [5.41, 5.74) is 7.72. The second-order valence-corrected chi connectivity index (χ2v) is 10.2. The third-order valence-corrected chi connectivity index (χ3v) is 7.36. The Kier molecular flexibility index (Phi) is 8.38. The molecule has 11 heteroatoms. The molecule has 1 aromatic heterocycles. The van der Waals surface area contributed by atoms with Crippen molar-refractivity contribution in [2.24, 2.45) is 10.7 Å². The minimum absolute atomic E-state index is 0.246. The van der Waals surface area contributed by atoms with Gasteiger partial charge in [0.05, 0.1) is 10.7 Å². The van der Waals surface area contributed by atoms with E-state index < -0.39 is 5.54 Å². The number of anilines is 2. The summed E-state index contributed by atoms with van der Waals surface area (Å²) in [5.74, 6) is 0.708. The number of carbonyl (C=O) groups is 1. The van der Waals surface area contributed by atoms with Crippen molar-refractivity contribution in [3.8, 4) is 0 Å². The first-order valence-corrected chi connectivity index (χ1v) is 13.1. The molecule has 4 N–H and O–H groups in total. The number of guanidine groups is 1. The number of halogens is 1. The second-order valence-electron chi connectivity index (χ2n) is 9.38. The summed E-state index contributed by atoms with van der Waals surface area (Å²) in [7, 11) is 0. The maximum absolute atomic E-state index is 12.7. The zero-order valence-electron chi connectivity index (χ0n) is 20.8. The minimum Gasteiger partial charge on any atom is -0.368 e. The van der Waals surface area contributed by atoms with E-state index in [-0.39, 0.29) is 11.0 Å². The molecule has 0 unspecified atom stereocenters. The highest BCUT2D eigenvalue weighted by molar-refractivity contribution is 7.80. The average Bonchev–Trinajstić information content (AvgIpc) is 2.85. The van der Waals surface area contributed by atoms with Gasteiger partial charge in [0.25, 0.3) is 0 Å². The molecule has 2 aromatic rings. The van der Waals surface area contributed by atoms with Gasteiger partial charge in [-0.25, -0.2) is 9.97 Å². The lowest BCUT2D eigenvalue weighted by Crippen LogP contribution is -2.64. The van der Waals surface area contributed by atoms with E-state index in [9.17, 15) is 4.79 Å². The molecule has 3 heterocycles. The SMILES string of the molecule is Cc1cc(C)nc(N/C(=N/C(=S)Nc2ccccc2Cl)N2CCC(C(N)=O)(N3CCCCC3)CC2)n1. The normalized spacial score (nSPS) is 18.5. The van der Waals surface area contributed by atoms with Crippen LogP contribution in [0.1, 0.15) is 43.5 Å². The van der Waals surface area contributed by atoms with Gasteiger partial charge in [-0.05, 0) is 83.0 Å². The number of likely N-dealkylation sites (tertiary alicyclic amines) is 2. The fourth-order valence-corrected chi connectivity index (χ4v) is 5.37. The standard InChI is InChI=1S/C25H33ClN8OS/c1-17-16-18(2)29-22(28-17)31-23(32-24(36)30-20-9-5-4-8-19(20)26)33-14-10-25(11-15-33,21(27)35)34-12-6-3-7-13-34/h4-5,8-9,16H,3,6-7,10-15H2,1-2H3,(H2,27,35)(H2,28,29,30,31,32,36). The number of rotatable bonds is 4. The summed E-state index contributed by atoms with van der Waals surface area (Å²) >= 11 is 11.8. The Labute approximate surface area is 222 Å². The van der Waals surface area contributed by atoms with Crippen LogP contribution in [0.5, 0.6) is 0 Å². The quantitative estimate of drug-likeness (QED) is 0.313. The molecule has 0 bridgehead atoms. The first-order valence-electron chi connectivity index (χ1n) is 12.3. The van der Waals surface area contributed by atoms with Crippen LogP contribution in [0.25, 0.3) is 0 Å². The van der Waals surface area contributed by atoms with Crippen LogP contribution in [0, 0.1) is 13.8 Å². The fraction of sp³-hybridized carbons (Fsp3) is 0.480. The molecule has 192 valence electrons. The average molecular weight is 529 g/mol. The van der Waals surface area contributed by atoms with E-state index in [0.717, 1.165) is 37.3 Å². The topological polar surface area (TPSA) is 112 Å². The molecule has 0 aliphatic carbocycles. The van der Waals surface area contributed by atoms with E-state index in [1.165, 1.54) is 6.42 Å². The van der Waals surface area contributed by atoms with Gasteiger partial charge in [-0.15, -0.1) is 0 Å². The molecule has 9 nitrogen and oxygen atoms in total. The first-order chi connectivity index (χ1) is 17.3. The largest absolute Gasteiger partial charge is 0.368 e. The third-order valence-electron chi connectivity index (χ3n) is 6.84. The van der Waals surface area contributed by atoms with Crippen molar-refractivity contribution in [2.75, 3.05) is 36.8 Å². The van der Waals surface area contributed by atoms with Gasteiger partial charge in [0, 0.05) is 24.5 Å². The Morgan fingerprint density at radius 2 is 1.69 bits per heavy atom. The lowest BCUT2D eigenvalue weighted by atomic mass is 9.83. The van der Waals surface area contributed by atoms with Crippen LogP contribution in [0.3, 0.4) is 0 Å².